The van der Waals surface area contributed by atoms with Crippen LogP contribution < -0.4 is 4.72 Å². The number of rotatable bonds is 7. The van der Waals surface area contributed by atoms with Crippen LogP contribution >= 0.6 is 0 Å². The highest BCUT2D eigenvalue weighted by Crippen LogP contribution is 2.23. The van der Waals surface area contributed by atoms with Crippen molar-refractivity contribution in [3.05, 3.63) is 17.9 Å². The Hall–Kier alpha value is -1.34. The zero-order valence-electron chi connectivity index (χ0n) is 11.3. The number of aromatic carboxylic acids is 1. The third-order valence-corrected chi connectivity index (χ3v) is 4.89. The Labute approximate surface area is 112 Å². The molecule has 0 saturated carbocycles. The van der Waals surface area contributed by atoms with Crippen molar-refractivity contribution in [1.29, 1.82) is 0 Å². The summed E-state index contributed by atoms with van der Waals surface area (Å²) in [6.07, 6.45) is 1.93. The molecule has 0 amide bonds. The van der Waals surface area contributed by atoms with Gasteiger partial charge in [-0.05, 0) is 31.4 Å². The standard InChI is InChI=1S/C12H19NO5S/c1-4-12(5-2,6-3)13-19(16,17)10-8-7-9(18-10)11(14)15/h7-8,13H,4-6H2,1-3H3,(H,14,15). The monoisotopic (exact) mass is 289 g/mol. The van der Waals surface area contributed by atoms with Crippen LogP contribution in [0.1, 0.15) is 50.6 Å². The lowest BCUT2D eigenvalue weighted by atomic mass is 9.91. The van der Waals surface area contributed by atoms with Gasteiger partial charge in [0, 0.05) is 5.54 Å². The summed E-state index contributed by atoms with van der Waals surface area (Å²) < 4.78 is 31.8. The van der Waals surface area contributed by atoms with Crippen LogP contribution in [0.4, 0.5) is 0 Å². The first kappa shape index (κ1) is 15.7. The molecule has 7 heteroatoms. The molecule has 1 aromatic heterocycles. The number of sulfonamides is 1. The first-order valence-electron chi connectivity index (χ1n) is 6.17. The van der Waals surface area contributed by atoms with Gasteiger partial charge in [-0.25, -0.2) is 17.9 Å². The second kappa shape index (κ2) is 5.75. The van der Waals surface area contributed by atoms with E-state index in [1.54, 1.807) is 0 Å². The van der Waals surface area contributed by atoms with Crippen LogP contribution in [-0.4, -0.2) is 25.0 Å². The number of hydrogen-bond donors (Lipinski definition) is 2. The molecule has 0 atom stereocenters. The van der Waals surface area contributed by atoms with E-state index in [1.165, 1.54) is 0 Å². The van der Waals surface area contributed by atoms with Crippen molar-refractivity contribution in [1.82, 2.24) is 4.72 Å². The largest absolute Gasteiger partial charge is 0.475 e. The molecule has 0 aliphatic rings. The van der Waals surface area contributed by atoms with E-state index in [-0.39, 0.29) is 5.09 Å². The minimum absolute atomic E-state index is 0.371. The lowest BCUT2D eigenvalue weighted by Gasteiger charge is -2.30. The van der Waals surface area contributed by atoms with E-state index in [2.05, 4.69) is 4.72 Å². The first-order chi connectivity index (χ1) is 8.80. The van der Waals surface area contributed by atoms with Gasteiger partial charge in [0.25, 0.3) is 10.0 Å². The van der Waals surface area contributed by atoms with Crippen molar-refractivity contribution in [2.45, 2.75) is 50.7 Å². The Balaban J connectivity index is 3.06. The summed E-state index contributed by atoms with van der Waals surface area (Å²) in [5.41, 5.74) is -0.533. The molecular weight excluding hydrogens is 270 g/mol. The number of furan rings is 1. The fourth-order valence-corrected chi connectivity index (χ4v) is 3.43. The smallest absolute Gasteiger partial charge is 0.371 e. The van der Waals surface area contributed by atoms with Gasteiger partial charge in [-0.2, -0.15) is 0 Å². The predicted molar refractivity (Wildman–Crippen MR) is 69.6 cm³/mol. The van der Waals surface area contributed by atoms with Crippen LogP contribution in [0.5, 0.6) is 0 Å². The van der Waals surface area contributed by atoms with Crippen LogP contribution in [0.3, 0.4) is 0 Å². The van der Waals surface area contributed by atoms with Gasteiger partial charge < -0.3 is 9.52 Å². The van der Waals surface area contributed by atoms with Gasteiger partial charge in [-0.3, -0.25) is 0 Å². The second-order valence-corrected chi connectivity index (χ2v) is 5.98. The van der Waals surface area contributed by atoms with Crippen molar-refractivity contribution < 1.29 is 22.7 Å². The van der Waals surface area contributed by atoms with Gasteiger partial charge in [0.05, 0.1) is 0 Å². The van der Waals surface area contributed by atoms with Gasteiger partial charge in [0.2, 0.25) is 10.9 Å². The molecule has 0 fully saturated rings. The van der Waals surface area contributed by atoms with Gasteiger partial charge in [-0.15, -0.1) is 0 Å². The fourth-order valence-electron chi connectivity index (χ4n) is 1.88. The molecule has 19 heavy (non-hydrogen) atoms. The first-order valence-corrected chi connectivity index (χ1v) is 7.65. The topological polar surface area (TPSA) is 96.6 Å². The van der Waals surface area contributed by atoms with Crippen LogP contribution in [0.15, 0.2) is 21.6 Å². The maximum Gasteiger partial charge on any atom is 0.371 e. The molecule has 0 bridgehead atoms. The zero-order chi connectivity index (χ0) is 14.7. The molecule has 108 valence electrons. The molecule has 0 unspecified atom stereocenters. The Morgan fingerprint density at radius 2 is 1.79 bits per heavy atom. The Morgan fingerprint density at radius 3 is 2.16 bits per heavy atom. The lowest BCUT2D eigenvalue weighted by Crippen LogP contribution is -2.46. The van der Waals surface area contributed by atoms with E-state index in [4.69, 9.17) is 9.52 Å². The zero-order valence-corrected chi connectivity index (χ0v) is 12.1. The highest BCUT2D eigenvalue weighted by Gasteiger charge is 2.32. The molecule has 0 aliphatic heterocycles. The van der Waals surface area contributed by atoms with Crippen LogP contribution in [-0.2, 0) is 10.0 Å². The Bertz CT molecular complexity index is 534. The molecule has 1 rings (SSSR count). The van der Waals surface area contributed by atoms with E-state index >= 15 is 0 Å². The predicted octanol–water partition coefficient (Wildman–Crippen LogP) is 2.22. The third kappa shape index (κ3) is 3.36. The van der Waals surface area contributed by atoms with Crippen molar-refractivity contribution in [3.8, 4) is 0 Å². The molecule has 6 nitrogen and oxygen atoms in total. The van der Waals surface area contributed by atoms with Crippen molar-refractivity contribution in [2.24, 2.45) is 0 Å². The minimum atomic E-state index is -3.85. The number of carbonyl (C=O) groups is 1. The van der Waals surface area contributed by atoms with Crippen LogP contribution in [0.25, 0.3) is 0 Å². The number of nitrogens with one attached hydrogen (secondary N) is 1. The molecule has 0 saturated heterocycles. The molecule has 2 N–H and O–H groups in total. The van der Waals surface area contributed by atoms with Crippen molar-refractivity contribution in [2.75, 3.05) is 0 Å². The van der Waals surface area contributed by atoms with E-state index in [9.17, 15) is 13.2 Å². The Morgan fingerprint density at radius 1 is 1.26 bits per heavy atom. The van der Waals surface area contributed by atoms with Crippen molar-refractivity contribution >= 4 is 16.0 Å². The highest BCUT2D eigenvalue weighted by atomic mass is 32.2. The molecule has 1 aromatic rings. The minimum Gasteiger partial charge on any atom is -0.475 e. The van der Waals surface area contributed by atoms with Gasteiger partial charge >= 0.3 is 5.97 Å². The third-order valence-electron chi connectivity index (χ3n) is 3.44. The van der Waals surface area contributed by atoms with E-state index in [1.807, 2.05) is 20.8 Å². The summed E-state index contributed by atoms with van der Waals surface area (Å²) in [6, 6.07) is 2.28. The maximum atomic E-state index is 12.2. The van der Waals surface area contributed by atoms with Gasteiger partial charge in [0.15, 0.2) is 0 Å². The number of carboxylic acids is 1. The fraction of sp³-hybridized carbons (Fsp3) is 0.583. The van der Waals surface area contributed by atoms with E-state index in [0.717, 1.165) is 12.1 Å². The Kier molecular flexibility index (Phi) is 4.75. The van der Waals surface area contributed by atoms with Crippen LogP contribution in [0.2, 0.25) is 0 Å². The quantitative estimate of drug-likeness (QED) is 0.802. The molecule has 0 spiro atoms. The summed E-state index contributed by atoms with van der Waals surface area (Å²) in [6.45, 7) is 5.71. The average molecular weight is 289 g/mol. The second-order valence-electron chi connectivity index (χ2n) is 4.37. The van der Waals surface area contributed by atoms with Gasteiger partial charge in [0.1, 0.15) is 0 Å². The van der Waals surface area contributed by atoms with Gasteiger partial charge in [-0.1, -0.05) is 20.8 Å². The van der Waals surface area contributed by atoms with E-state index in [0.29, 0.717) is 19.3 Å². The summed E-state index contributed by atoms with van der Waals surface area (Å²) in [7, 11) is -3.85. The SMILES string of the molecule is CCC(CC)(CC)NS(=O)(=O)c1ccc(C(=O)O)o1. The summed E-state index contributed by atoms with van der Waals surface area (Å²) in [4.78, 5) is 10.7. The summed E-state index contributed by atoms with van der Waals surface area (Å²) in [5.74, 6) is -1.69. The number of carboxylic acid groups (broad SMARTS) is 1. The highest BCUT2D eigenvalue weighted by molar-refractivity contribution is 7.89. The molecule has 1 heterocycles. The normalized spacial score (nSPS) is 12.6. The average Bonchev–Trinajstić information content (AvgIpc) is 2.86. The van der Waals surface area contributed by atoms with Crippen LogP contribution in [0, 0.1) is 0 Å². The molecule has 0 aromatic carbocycles. The lowest BCUT2D eigenvalue weighted by molar-refractivity contribution is 0.0656. The molecule has 0 radical (unpaired) electrons. The maximum absolute atomic E-state index is 12.2. The number of hydrogen-bond acceptors (Lipinski definition) is 4. The summed E-state index contributed by atoms with van der Waals surface area (Å²) >= 11 is 0. The molecule has 0 aliphatic carbocycles. The van der Waals surface area contributed by atoms with E-state index < -0.39 is 27.3 Å². The summed E-state index contributed by atoms with van der Waals surface area (Å²) in [5, 5.41) is 8.36. The van der Waals surface area contributed by atoms with Crippen molar-refractivity contribution in [3.63, 3.8) is 0 Å². The molecular formula is C12H19NO5S.